The molecule has 2 bridgehead atoms. The van der Waals surface area contributed by atoms with Crippen LogP contribution in [-0.2, 0) is 20.9 Å². The first kappa shape index (κ1) is 19.1. The number of carbonyl (C=O) groups is 4. The highest BCUT2D eigenvalue weighted by atomic mass is 16.2. The minimum Gasteiger partial charge on any atom is -0.322 e. The molecule has 5 rings (SSSR count). The molecule has 3 unspecified atom stereocenters. The molecular weight excluding hydrogens is 388 g/mol. The van der Waals surface area contributed by atoms with Crippen LogP contribution in [0.15, 0.2) is 12.3 Å². The van der Waals surface area contributed by atoms with Crippen molar-refractivity contribution in [3.8, 4) is 0 Å². The van der Waals surface area contributed by atoms with Crippen LogP contribution in [-0.4, -0.2) is 76.2 Å². The van der Waals surface area contributed by atoms with E-state index in [4.69, 9.17) is 0 Å². The van der Waals surface area contributed by atoms with Crippen LogP contribution < -0.4 is 16.0 Å². The summed E-state index contributed by atoms with van der Waals surface area (Å²) in [6.07, 6.45) is 3.58. The van der Waals surface area contributed by atoms with Gasteiger partial charge in [0.25, 0.3) is 5.91 Å². The van der Waals surface area contributed by atoms with Gasteiger partial charge in [-0.3, -0.25) is 29.4 Å². The minimum atomic E-state index is -0.661. The van der Waals surface area contributed by atoms with Crippen LogP contribution in [0.2, 0.25) is 0 Å². The first-order chi connectivity index (χ1) is 14.5. The van der Waals surface area contributed by atoms with E-state index in [1.165, 1.54) is 17.5 Å². The smallest absolute Gasteiger partial charge is 0.256 e. The number of fused-ring (bicyclic) bond motifs is 3. The lowest BCUT2D eigenvalue weighted by molar-refractivity contribution is -0.137. The second kappa shape index (κ2) is 7.44. The van der Waals surface area contributed by atoms with Gasteiger partial charge >= 0.3 is 0 Å². The topological polar surface area (TPSA) is 124 Å². The number of imide groups is 1. The van der Waals surface area contributed by atoms with E-state index in [1.54, 1.807) is 6.07 Å². The number of hydrogen-bond donors (Lipinski definition) is 3. The van der Waals surface area contributed by atoms with Crippen LogP contribution in [0.5, 0.6) is 0 Å². The van der Waals surface area contributed by atoms with Gasteiger partial charge in [0, 0.05) is 57.3 Å². The van der Waals surface area contributed by atoms with Gasteiger partial charge in [0.2, 0.25) is 17.7 Å². The van der Waals surface area contributed by atoms with E-state index >= 15 is 0 Å². The monoisotopic (exact) mass is 412 g/mol. The summed E-state index contributed by atoms with van der Waals surface area (Å²) in [5, 5.41) is 8.48. The number of nitrogens with zero attached hydrogens (tertiary/aromatic N) is 3. The summed E-state index contributed by atoms with van der Waals surface area (Å²) >= 11 is 0. The maximum absolute atomic E-state index is 12.7. The van der Waals surface area contributed by atoms with Gasteiger partial charge in [-0.15, -0.1) is 0 Å². The first-order valence-electron chi connectivity index (χ1n) is 10.4. The number of aromatic nitrogens is 1. The molecule has 1 aromatic heterocycles. The number of hydrogen-bond acceptors (Lipinski definition) is 7. The van der Waals surface area contributed by atoms with Gasteiger partial charge in [0.1, 0.15) is 11.9 Å². The SMILES string of the molecule is O=C1CCC(N2Cc3cc(NC(=O)CCN4C5CNCC4C5)ncc3C2=O)C(=O)N1. The van der Waals surface area contributed by atoms with Crippen molar-refractivity contribution in [3.05, 3.63) is 23.4 Å². The second-order valence-corrected chi connectivity index (χ2v) is 8.36. The normalized spacial score (nSPS) is 28.1. The molecule has 3 N–H and O–H groups in total. The number of rotatable bonds is 5. The van der Waals surface area contributed by atoms with E-state index in [1.807, 2.05) is 0 Å². The lowest BCUT2D eigenvalue weighted by Gasteiger charge is -2.53. The highest BCUT2D eigenvalue weighted by molar-refractivity contribution is 6.05. The lowest BCUT2D eigenvalue weighted by atomic mass is 9.88. The lowest BCUT2D eigenvalue weighted by Crippen LogP contribution is -2.67. The van der Waals surface area contributed by atoms with Gasteiger partial charge in [-0.25, -0.2) is 4.98 Å². The van der Waals surface area contributed by atoms with Crippen molar-refractivity contribution in [3.63, 3.8) is 0 Å². The molecule has 4 aliphatic rings. The molecule has 4 aliphatic heterocycles. The van der Waals surface area contributed by atoms with E-state index in [9.17, 15) is 19.2 Å². The van der Waals surface area contributed by atoms with Gasteiger partial charge in [-0.05, 0) is 24.5 Å². The molecule has 5 heterocycles. The largest absolute Gasteiger partial charge is 0.322 e. The highest BCUT2D eigenvalue weighted by Crippen LogP contribution is 2.29. The fraction of sp³-hybridized carbons (Fsp3) is 0.550. The number of nitrogens with one attached hydrogen (secondary N) is 3. The molecule has 0 aliphatic carbocycles. The summed E-state index contributed by atoms with van der Waals surface area (Å²) in [5.74, 6) is -0.735. The molecular formula is C20H24N6O4. The van der Waals surface area contributed by atoms with Crippen LogP contribution >= 0.6 is 0 Å². The van der Waals surface area contributed by atoms with Gasteiger partial charge in [0.05, 0.1) is 5.56 Å². The summed E-state index contributed by atoms with van der Waals surface area (Å²) in [4.78, 5) is 56.6. The maximum atomic E-state index is 12.7. The fourth-order valence-electron chi connectivity index (χ4n) is 4.89. The van der Waals surface area contributed by atoms with Gasteiger partial charge < -0.3 is 15.5 Å². The summed E-state index contributed by atoms with van der Waals surface area (Å²) in [6, 6.07) is 2.11. The van der Waals surface area contributed by atoms with Crippen LogP contribution in [0.4, 0.5) is 5.82 Å². The van der Waals surface area contributed by atoms with Crippen LogP contribution in [0.3, 0.4) is 0 Å². The molecule has 3 atom stereocenters. The number of piperidine rings is 2. The number of anilines is 1. The molecule has 10 heteroatoms. The molecule has 0 spiro atoms. The third-order valence-corrected chi connectivity index (χ3v) is 6.51. The molecule has 4 amide bonds. The number of amides is 4. The average molecular weight is 412 g/mol. The van der Waals surface area contributed by atoms with Crippen molar-refractivity contribution in [2.45, 2.75) is 50.4 Å². The van der Waals surface area contributed by atoms with Crippen molar-refractivity contribution >= 4 is 29.4 Å². The van der Waals surface area contributed by atoms with Crippen molar-refractivity contribution in [1.29, 1.82) is 0 Å². The van der Waals surface area contributed by atoms with Crippen LogP contribution in [0.1, 0.15) is 41.6 Å². The van der Waals surface area contributed by atoms with Crippen molar-refractivity contribution < 1.29 is 19.2 Å². The summed E-state index contributed by atoms with van der Waals surface area (Å²) in [5.41, 5.74) is 1.15. The summed E-state index contributed by atoms with van der Waals surface area (Å²) in [7, 11) is 0. The zero-order chi connectivity index (χ0) is 20.8. The van der Waals surface area contributed by atoms with E-state index in [0.717, 1.165) is 25.2 Å². The molecule has 0 radical (unpaired) electrons. The Morgan fingerprint density at radius 3 is 2.77 bits per heavy atom. The Bertz CT molecular complexity index is 920. The standard InChI is InChI=1S/C20H24N6O4/c27-17-2-1-15(19(29)24-17)26-10-11-5-16(22-9-14(11)20(26)30)23-18(28)3-4-25-12-6-13(25)8-21-7-12/h5,9,12-13,15,21H,1-4,6-8,10H2,(H,22,23,28)(H,24,27,29). The molecule has 158 valence electrons. The molecule has 3 fully saturated rings. The van der Waals surface area contributed by atoms with E-state index in [-0.39, 0.29) is 30.7 Å². The predicted octanol–water partition coefficient (Wildman–Crippen LogP) is -0.783. The number of pyridine rings is 1. The summed E-state index contributed by atoms with van der Waals surface area (Å²) < 4.78 is 0. The molecule has 0 aromatic carbocycles. The Morgan fingerprint density at radius 1 is 1.23 bits per heavy atom. The first-order valence-corrected chi connectivity index (χ1v) is 10.4. The van der Waals surface area contributed by atoms with Crippen molar-refractivity contribution in [1.82, 2.24) is 25.4 Å². The third-order valence-electron chi connectivity index (χ3n) is 6.51. The number of carbonyl (C=O) groups excluding carboxylic acids is 4. The maximum Gasteiger partial charge on any atom is 0.256 e. The molecule has 1 aromatic rings. The van der Waals surface area contributed by atoms with Gasteiger partial charge in [-0.1, -0.05) is 0 Å². The predicted molar refractivity (Wildman–Crippen MR) is 105 cm³/mol. The minimum absolute atomic E-state index is 0.105. The molecule has 30 heavy (non-hydrogen) atoms. The Hall–Kier alpha value is -2.85. The van der Waals surface area contributed by atoms with E-state index < -0.39 is 11.9 Å². The van der Waals surface area contributed by atoms with Crippen LogP contribution in [0, 0.1) is 0 Å². The van der Waals surface area contributed by atoms with E-state index in [0.29, 0.717) is 36.3 Å². The quantitative estimate of drug-likeness (QED) is 0.542. The molecule has 0 saturated carbocycles. The van der Waals surface area contributed by atoms with Gasteiger partial charge in [-0.2, -0.15) is 0 Å². The number of piperazine rings is 1. The Kier molecular flexibility index (Phi) is 4.75. The third kappa shape index (κ3) is 3.35. The fourth-order valence-corrected chi connectivity index (χ4v) is 4.89. The van der Waals surface area contributed by atoms with Crippen molar-refractivity contribution in [2.24, 2.45) is 0 Å². The average Bonchev–Trinajstić information content (AvgIpc) is 3.04. The van der Waals surface area contributed by atoms with Gasteiger partial charge in [0.15, 0.2) is 0 Å². The zero-order valence-electron chi connectivity index (χ0n) is 16.5. The molecule has 10 nitrogen and oxygen atoms in total. The van der Waals surface area contributed by atoms with Crippen molar-refractivity contribution in [2.75, 3.05) is 25.0 Å². The summed E-state index contributed by atoms with van der Waals surface area (Å²) in [6.45, 7) is 2.97. The Balaban J connectivity index is 1.19. The highest BCUT2D eigenvalue weighted by Gasteiger charge is 2.41. The van der Waals surface area contributed by atoms with Crippen LogP contribution in [0.25, 0.3) is 0 Å². The Labute approximate surface area is 173 Å². The zero-order valence-corrected chi connectivity index (χ0v) is 16.5. The molecule has 3 saturated heterocycles. The Morgan fingerprint density at radius 2 is 2.03 bits per heavy atom. The van der Waals surface area contributed by atoms with E-state index in [2.05, 4.69) is 25.8 Å². The second-order valence-electron chi connectivity index (χ2n) is 8.36.